The number of hydrogen-bond donors (Lipinski definition) is 3. The summed E-state index contributed by atoms with van der Waals surface area (Å²) in [6.45, 7) is 3.64. The molecule has 0 bridgehead atoms. The summed E-state index contributed by atoms with van der Waals surface area (Å²) in [5.74, 6) is 2.22. The van der Waals surface area contributed by atoms with E-state index in [9.17, 15) is 0 Å². The zero-order valence-electron chi connectivity index (χ0n) is 10.3. The van der Waals surface area contributed by atoms with Crippen LogP contribution in [0.25, 0.3) is 0 Å². The molecule has 1 aliphatic carbocycles. The van der Waals surface area contributed by atoms with E-state index in [0.29, 0.717) is 18.5 Å². The van der Waals surface area contributed by atoms with Gasteiger partial charge in [-0.15, -0.1) is 0 Å². The predicted molar refractivity (Wildman–Crippen MR) is 70.0 cm³/mol. The van der Waals surface area contributed by atoms with Crippen LogP contribution in [-0.2, 0) is 0 Å². The maximum atomic E-state index is 5.57. The van der Waals surface area contributed by atoms with Crippen LogP contribution in [0.5, 0.6) is 0 Å². The summed E-state index contributed by atoms with van der Waals surface area (Å²) in [7, 11) is 0. The Balaban J connectivity index is 1.86. The summed E-state index contributed by atoms with van der Waals surface area (Å²) < 4.78 is 0. The summed E-state index contributed by atoms with van der Waals surface area (Å²) in [4.78, 5) is 8.42. The number of nitrogens with two attached hydrogens (primary N) is 1. The topological polar surface area (TPSA) is 75.9 Å². The largest absolute Gasteiger partial charge is 0.370 e. The van der Waals surface area contributed by atoms with Crippen molar-refractivity contribution in [3.63, 3.8) is 0 Å². The average molecular weight is 235 g/mol. The summed E-state index contributed by atoms with van der Waals surface area (Å²) >= 11 is 0. The summed E-state index contributed by atoms with van der Waals surface area (Å²) in [5.41, 5.74) is 5.57. The molecule has 0 aliphatic heterocycles. The third-order valence-electron chi connectivity index (χ3n) is 3.16. The van der Waals surface area contributed by atoms with E-state index in [4.69, 9.17) is 5.73 Å². The number of anilines is 2. The minimum absolute atomic E-state index is 0.452. The normalized spacial score (nSPS) is 17.3. The maximum Gasteiger partial charge on any atom is 0.131 e. The molecule has 1 aromatic rings. The second-order valence-electron chi connectivity index (χ2n) is 4.78. The van der Waals surface area contributed by atoms with E-state index in [1.165, 1.54) is 19.3 Å². The zero-order chi connectivity index (χ0) is 12.1. The van der Waals surface area contributed by atoms with Crippen molar-refractivity contribution >= 4 is 11.6 Å². The molecule has 94 valence electrons. The molecule has 1 saturated carbocycles. The Morgan fingerprint density at radius 3 is 2.82 bits per heavy atom. The molecule has 1 aromatic heterocycles. The predicted octanol–water partition coefficient (Wildman–Crippen LogP) is 1.45. The number of rotatable bonds is 6. The quantitative estimate of drug-likeness (QED) is 0.695. The van der Waals surface area contributed by atoms with E-state index < -0.39 is 0 Å². The van der Waals surface area contributed by atoms with E-state index in [1.807, 2.05) is 6.07 Å². The molecule has 0 aromatic carbocycles. The Bertz CT molecular complexity index is 351. The average Bonchev–Trinajstić information content (AvgIpc) is 2.31. The first-order valence-corrected chi connectivity index (χ1v) is 6.30. The van der Waals surface area contributed by atoms with Crippen molar-refractivity contribution < 1.29 is 0 Å². The smallest absolute Gasteiger partial charge is 0.131 e. The SMILES string of the molecule is CC(CN)CNc1cc(NC2CCC2)ncn1. The fourth-order valence-corrected chi connectivity index (χ4v) is 1.66. The molecule has 1 heterocycles. The van der Waals surface area contributed by atoms with E-state index in [-0.39, 0.29) is 0 Å². The third-order valence-corrected chi connectivity index (χ3v) is 3.16. The standard InChI is InChI=1S/C12H21N5/c1-9(6-13)7-14-11-5-12(16-8-15-11)17-10-3-2-4-10/h5,8-10H,2-4,6-7,13H2,1H3,(H2,14,15,16,17). The molecule has 1 unspecified atom stereocenters. The molecular weight excluding hydrogens is 214 g/mol. The number of hydrogen-bond acceptors (Lipinski definition) is 5. The van der Waals surface area contributed by atoms with Gasteiger partial charge in [-0.25, -0.2) is 9.97 Å². The van der Waals surface area contributed by atoms with Crippen molar-refractivity contribution in [2.75, 3.05) is 23.7 Å². The molecule has 1 aliphatic rings. The highest BCUT2D eigenvalue weighted by Gasteiger charge is 2.17. The lowest BCUT2D eigenvalue weighted by Gasteiger charge is -2.26. The van der Waals surface area contributed by atoms with Crippen molar-refractivity contribution in [2.45, 2.75) is 32.2 Å². The fourth-order valence-electron chi connectivity index (χ4n) is 1.66. The Morgan fingerprint density at radius 2 is 2.18 bits per heavy atom. The molecule has 5 nitrogen and oxygen atoms in total. The molecule has 4 N–H and O–H groups in total. The lowest BCUT2D eigenvalue weighted by Crippen LogP contribution is -2.27. The first-order chi connectivity index (χ1) is 8.28. The second kappa shape index (κ2) is 5.82. The zero-order valence-corrected chi connectivity index (χ0v) is 10.3. The Kier molecular flexibility index (Phi) is 4.14. The molecule has 0 spiro atoms. The van der Waals surface area contributed by atoms with Crippen LogP contribution in [0.1, 0.15) is 26.2 Å². The van der Waals surface area contributed by atoms with Crippen LogP contribution in [0.3, 0.4) is 0 Å². The van der Waals surface area contributed by atoms with Crippen molar-refractivity contribution in [1.82, 2.24) is 9.97 Å². The van der Waals surface area contributed by atoms with Gasteiger partial charge in [-0.1, -0.05) is 6.92 Å². The highest BCUT2D eigenvalue weighted by Crippen LogP contribution is 2.22. The summed E-state index contributed by atoms with van der Waals surface area (Å²) in [5, 5.41) is 6.68. The van der Waals surface area contributed by atoms with Gasteiger partial charge < -0.3 is 16.4 Å². The maximum absolute atomic E-state index is 5.57. The lowest BCUT2D eigenvalue weighted by molar-refractivity contribution is 0.444. The highest BCUT2D eigenvalue weighted by atomic mass is 15.1. The fraction of sp³-hybridized carbons (Fsp3) is 0.667. The molecule has 0 radical (unpaired) electrons. The van der Waals surface area contributed by atoms with Gasteiger partial charge in [0.2, 0.25) is 0 Å². The van der Waals surface area contributed by atoms with Gasteiger partial charge in [-0.2, -0.15) is 0 Å². The van der Waals surface area contributed by atoms with Crippen molar-refractivity contribution in [3.05, 3.63) is 12.4 Å². The van der Waals surface area contributed by atoms with Gasteiger partial charge >= 0.3 is 0 Å². The number of aromatic nitrogens is 2. The van der Waals surface area contributed by atoms with Gasteiger partial charge in [0, 0.05) is 18.7 Å². The Morgan fingerprint density at radius 1 is 1.41 bits per heavy atom. The molecule has 17 heavy (non-hydrogen) atoms. The highest BCUT2D eigenvalue weighted by molar-refractivity contribution is 5.47. The van der Waals surface area contributed by atoms with Crippen molar-refractivity contribution in [2.24, 2.45) is 11.7 Å². The molecule has 0 amide bonds. The van der Waals surface area contributed by atoms with Crippen LogP contribution in [0, 0.1) is 5.92 Å². The van der Waals surface area contributed by atoms with Crippen molar-refractivity contribution in [1.29, 1.82) is 0 Å². The van der Waals surface area contributed by atoms with E-state index in [1.54, 1.807) is 6.33 Å². The van der Waals surface area contributed by atoms with Crippen LogP contribution >= 0.6 is 0 Å². The van der Waals surface area contributed by atoms with Gasteiger partial charge in [0.15, 0.2) is 0 Å². The van der Waals surface area contributed by atoms with Gasteiger partial charge in [0.1, 0.15) is 18.0 Å². The summed E-state index contributed by atoms with van der Waals surface area (Å²) in [6.07, 6.45) is 5.41. The van der Waals surface area contributed by atoms with Crippen LogP contribution in [0.4, 0.5) is 11.6 Å². The Hall–Kier alpha value is -1.36. The minimum atomic E-state index is 0.452. The van der Waals surface area contributed by atoms with Crippen LogP contribution in [0.2, 0.25) is 0 Å². The molecule has 0 saturated heterocycles. The van der Waals surface area contributed by atoms with Gasteiger partial charge in [0.25, 0.3) is 0 Å². The third kappa shape index (κ3) is 3.56. The minimum Gasteiger partial charge on any atom is -0.370 e. The molecule has 1 fully saturated rings. The van der Waals surface area contributed by atoms with Gasteiger partial charge in [-0.05, 0) is 31.7 Å². The van der Waals surface area contributed by atoms with E-state index in [2.05, 4.69) is 27.5 Å². The molecule has 2 rings (SSSR count). The summed E-state index contributed by atoms with van der Waals surface area (Å²) in [6, 6.07) is 2.56. The van der Waals surface area contributed by atoms with E-state index >= 15 is 0 Å². The first-order valence-electron chi connectivity index (χ1n) is 6.30. The molecule has 5 heteroatoms. The monoisotopic (exact) mass is 235 g/mol. The van der Waals surface area contributed by atoms with Gasteiger partial charge in [0.05, 0.1) is 0 Å². The number of nitrogens with one attached hydrogen (secondary N) is 2. The van der Waals surface area contributed by atoms with Crippen LogP contribution < -0.4 is 16.4 Å². The van der Waals surface area contributed by atoms with Crippen LogP contribution in [0.15, 0.2) is 12.4 Å². The molecular formula is C12H21N5. The second-order valence-corrected chi connectivity index (χ2v) is 4.78. The van der Waals surface area contributed by atoms with Crippen molar-refractivity contribution in [3.8, 4) is 0 Å². The Labute approximate surface area is 102 Å². The molecule has 1 atom stereocenters. The van der Waals surface area contributed by atoms with Gasteiger partial charge in [-0.3, -0.25) is 0 Å². The number of nitrogens with zero attached hydrogens (tertiary/aromatic N) is 2. The first kappa shape index (κ1) is 12.1. The lowest BCUT2D eigenvalue weighted by atomic mass is 9.93. The van der Waals surface area contributed by atoms with Crippen LogP contribution in [-0.4, -0.2) is 29.1 Å². The van der Waals surface area contributed by atoms with E-state index in [0.717, 1.165) is 18.2 Å².